The molecule has 0 saturated carbocycles. The van der Waals surface area contributed by atoms with Crippen molar-refractivity contribution < 1.29 is 9.21 Å². The van der Waals surface area contributed by atoms with Gasteiger partial charge in [-0.1, -0.05) is 13.0 Å². The first-order valence-electron chi connectivity index (χ1n) is 8.62. The highest BCUT2D eigenvalue weighted by Crippen LogP contribution is 2.26. The Morgan fingerprint density at radius 1 is 1.29 bits per heavy atom. The third-order valence-corrected chi connectivity index (χ3v) is 4.64. The summed E-state index contributed by atoms with van der Waals surface area (Å²) in [4.78, 5) is 18.8. The predicted octanol–water partition coefficient (Wildman–Crippen LogP) is 4.61. The highest BCUT2D eigenvalue weighted by molar-refractivity contribution is 5.90. The SMILES string of the molecule is Cc1coc(-c2cc(NC(=O)N3CCCC(C)CC3)ccc2C)n1. The standard InChI is InChI=1S/C19H25N3O2/c1-13-5-4-9-22(10-8-13)19(23)21-16-7-6-14(2)17(11-16)18-20-15(3)12-24-18/h6-7,11-13H,4-5,8-10H2,1-3H3,(H,21,23). The summed E-state index contributed by atoms with van der Waals surface area (Å²) >= 11 is 0. The number of aryl methyl sites for hydroxylation is 2. The number of aromatic nitrogens is 1. The summed E-state index contributed by atoms with van der Waals surface area (Å²) in [6.07, 6.45) is 4.98. The molecule has 1 aliphatic rings. The normalized spacial score (nSPS) is 18.3. The number of nitrogens with zero attached hydrogens (tertiary/aromatic N) is 2. The monoisotopic (exact) mass is 327 g/mol. The maximum absolute atomic E-state index is 12.5. The summed E-state index contributed by atoms with van der Waals surface area (Å²) in [5.41, 5.74) is 3.59. The molecule has 3 rings (SSSR count). The summed E-state index contributed by atoms with van der Waals surface area (Å²) in [6.45, 7) is 7.81. The van der Waals surface area contributed by atoms with Crippen molar-refractivity contribution >= 4 is 11.7 Å². The first-order chi connectivity index (χ1) is 11.5. The Morgan fingerprint density at radius 2 is 2.12 bits per heavy atom. The van der Waals surface area contributed by atoms with Crippen LogP contribution in [0.15, 0.2) is 28.9 Å². The van der Waals surface area contributed by atoms with Crippen LogP contribution in [0.5, 0.6) is 0 Å². The Morgan fingerprint density at radius 3 is 2.88 bits per heavy atom. The van der Waals surface area contributed by atoms with E-state index in [0.717, 1.165) is 48.4 Å². The quantitative estimate of drug-likeness (QED) is 0.876. The Kier molecular flexibility index (Phi) is 4.88. The topological polar surface area (TPSA) is 58.4 Å². The van der Waals surface area contributed by atoms with Crippen molar-refractivity contribution in [2.45, 2.75) is 40.0 Å². The second-order valence-corrected chi connectivity index (χ2v) is 6.78. The minimum atomic E-state index is -0.0255. The van der Waals surface area contributed by atoms with E-state index in [2.05, 4.69) is 17.2 Å². The predicted molar refractivity (Wildman–Crippen MR) is 95.0 cm³/mol. The van der Waals surface area contributed by atoms with E-state index >= 15 is 0 Å². The molecule has 0 spiro atoms. The largest absolute Gasteiger partial charge is 0.444 e. The van der Waals surface area contributed by atoms with Crippen LogP contribution in [0.25, 0.3) is 11.5 Å². The molecule has 0 radical (unpaired) electrons. The molecule has 2 aromatic rings. The van der Waals surface area contributed by atoms with Crippen LogP contribution in [0.3, 0.4) is 0 Å². The number of benzene rings is 1. The van der Waals surface area contributed by atoms with Gasteiger partial charge in [0, 0.05) is 24.3 Å². The number of rotatable bonds is 2. The van der Waals surface area contributed by atoms with Crippen LogP contribution in [0.2, 0.25) is 0 Å². The fourth-order valence-corrected chi connectivity index (χ4v) is 3.08. The summed E-state index contributed by atoms with van der Waals surface area (Å²) in [7, 11) is 0. The van der Waals surface area contributed by atoms with E-state index in [9.17, 15) is 4.79 Å². The molecule has 1 saturated heterocycles. The van der Waals surface area contributed by atoms with Crippen LogP contribution in [0.4, 0.5) is 10.5 Å². The molecular weight excluding hydrogens is 302 g/mol. The molecule has 24 heavy (non-hydrogen) atoms. The van der Waals surface area contributed by atoms with Crippen molar-refractivity contribution in [3.63, 3.8) is 0 Å². The Balaban J connectivity index is 1.74. The number of nitrogens with one attached hydrogen (secondary N) is 1. The molecule has 1 aliphatic heterocycles. The van der Waals surface area contributed by atoms with E-state index < -0.39 is 0 Å². The van der Waals surface area contributed by atoms with Crippen LogP contribution in [-0.4, -0.2) is 29.0 Å². The molecule has 128 valence electrons. The van der Waals surface area contributed by atoms with Crippen molar-refractivity contribution in [1.82, 2.24) is 9.88 Å². The Bertz CT molecular complexity index is 723. The number of carbonyl (C=O) groups excluding carboxylic acids is 1. The molecule has 0 aliphatic carbocycles. The van der Waals surface area contributed by atoms with Crippen molar-refractivity contribution in [3.05, 3.63) is 35.7 Å². The summed E-state index contributed by atoms with van der Waals surface area (Å²) in [6, 6.07) is 5.81. The van der Waals surface area contributed by atoms with Gasteiger partial charge in [0.25, 0.3) is 0 Å². The number of carbonyl (C=O) groups is 1. The van der Waals surface area contributed by atoms with Crippen molar-refractivity contribution in [3.8, 4) is 11.5 Å². The molecule has 0 bridgehead atoms. The molecule has 1 aromatic heterocycles. The lowest BCUT2D eigenvalue weighted by Gasteiger charge is -2.21. The van der Waals surface area contributed by atoms with Crippen LogP contribution in [-0.2, 0) is 0 Å². The molecule has 1 aromatic carbocycles. The minimum Gasteiger partial charge on any atom is -0.444 e. The molecule has 2 amide bonds. The number of oxazole rings is 1. The van der Waals surface area contributed by atoms with E-state index in [-0.39, 0.29) is 6.03 Å². The second kappa shape index (κ2) is 7.07. The van der Waals surface area contributed by atoms with Crippen molar-refractivity contribution in [2.24, 2.45) is 5.92 Å². The zero-order chi connectivity index (χ0) is 17.1. The van der Waals surface area contributed by atoms with E-state index in [4.69, 9.17) is 4.42 Å². The van der Waals surface area contributed by atoms with Gasteiger partial charge in [-0.2, -0.15) is 0 Å². The van der Waals surface area contributed by atoms with Crippen molar-refractivity contribution in [2.75, 3.05) is 18.4 Å². The van der Waals surface area contributed by atoms with E-state index in [1.807, 2.05) is 36.9 Å². The number of amides is 2. The smallest absolute Gasteiger partial charge is 0.321 e. The minimum absolute atomic E-state index is 0.0255. The van der Waals surface area contributed by atoms with Crippen LogP contribution in [0, 0.1) is 19.8 Å². The van der Waals surface area contributed by atoms with Gasteiger partial charge in [0.1, 0.15) is 6.26 Å². The fraction of sp³-hybridized carbons (Fsp3) is 0.474. The summed E-state index contributed by atoms with van der Waals surface area (Å²) in [5.74, 6) is 1.28. The molecule has 5 heteroatoms. The van der Waals surface area contributed by atoms with Crippen LogP contribution in [0.1, 0.15) is 37.4 Å². The number of hydrogen-bond donors (Lipinski definition) is 1. The second-order valence-electron chi connectivity index (χ2n) is 6.78. The first-order valence-corrected chi connectivity index (χ1v) is 8.62. The molecule has 1 fully saturated rings. The van der Waals surface area contributed by atoms with Gasteiger partial charge in [-0.15, -0.1) is 0 Å². The van der Waals surface area contributed by atoms with Gasteiger partial charge in [0.2, 0.25) is 5.89 Å². The average Bonchev–Trinajstić information content (AvgIpc) is 2.86. The number of urea groups is 1. The third-order valence-electron chi connectivity index (χ3n) is 4.64. The van der Waals surface area contributed by atoms with Crippen LogP contribution >= 0.6 is 0 Å². The molecule has 2 heterocycles. The highest BCUT2D eigenvalue weighted by Gasteiger charge is 2.19. The molecule has 5 nitrogen and oxygen atoms in total. The first kappa shape index (κ1) is 16.6. The van der Waals surface area contributed by atoms with E-state index in [0.29, 0.717) is 11.8 Å². The van der Waals surface area contributed by atoms with Gasteiger partial charge < -0.3 is 14.6 Å². The van der Waals surface area contributed by atoms with Gasteiger partial charge in [-0.05, 0) is 56.7 Å². The zero-order valence-electron chi connectivity index (χ0n) is 14.6. The summed E-state index contributed by atoms with van der Waals surface area (Å²) < 4.78 is 5.50. The molecule has 1 N–H and O–H groups in total. The Hall–Kier alpha value is -2.30. The maximum atomic E-state index is 12.5. The lowest BCUT2D eigenvalue weighted by Crippen LogP contribution is -2.35. The highest BCUT2D eigenvalue weighted by atomic mass is 16.3. The van der Waals surface area contributed by atoms with Gasteiger partial charge >= 0.3 is 6.03 Å². The number of hydrogen-bond acceptors (Lipinski definition) is 3. The third kappa shape index (κ3) is 3.78. The zero-order valence-corrected chi connectivity index (χ0v) is 14.6. The van der Waals surface area contributed by atoms with Gasteiger partial charge in [-0.3, -0.25) is 0 Å². The summed E-state index contributed by atoms with van der Waals surface area (Å²) in [5, 5.41) is 3.02. The van der Waals surface area contributed by atoms with Gasteiger partial charge in [0.15, 0.2) is 0 Å². The van der Waals surface area contributed by atoms with Gasteiger partial charge in [0.05, 0.1) is 5.69 Å². The average molecular weight is 327 g/mol. The van der Waals surface area contributed by atoms with Crippen LogP contribution < -0.4 is 5.32 Å². The lowest BCUT2D eigenvalue weighted by molar-refractivity contribution is 0.213. The fourth-order valence-electron chi connectivity index (χ4n) is 3.08. The Labute approximate surface area is 143 Å². The molecule has 1 atom stereocenters. The molecular formula is C19H25N3O2. The lowest BCUT2D eigenvalue weighted by atomic mass is 10.0. The maximum Gasteiger partial charge on any atom is 0.321 e. The number of anilines is 1. The van der Waals surface area contributed by atoms with E-state index in [1.165, 1.54) is 6.42 Å². The number of likely N-dealkylation sites (tertiary alicyclic amines) is 1. The van der Waals surface area contributed by atoms with E-state index in [1.54, 1.807) is 6.26 Å². The van der Waals surface area contributed by atoms with Crippen molar-refractivity contribution in [1.29, 1.82) is 0 Å². The molecule has 1 unspecified atom stereocenters. The van der Waals surface area contributed by atoms with Gasteiger partial charge in [-0.25, -0.2) is 9.78 Å².